The maximum atomic E-state index is 13.5. The molecule has 3 amide bonds. The highest BCUT2D eigenvalue weighted by molar-refractivity contribution is 6.91. The quantitative estimate of drug-likeness (QED) is 0.0213. The standard InChI is InChI=1S/C81H137N3O51Si/c85-24-34-46(94)52(100)61(109)76(124-34)121-30-40-49(97)55(103)64(112)79(130-40)133-70-37(27-88)127-73(67(115)58(70)106)118-18-4-12-43(91)82-15-7-21-136(33-10-2-1-3-11-33,22-8-16-83-44(92)13-5-19-119-74-68(116)59(107)71(38(28-89)128-74)134-80-65(113)56(104)50(98)41(131-80)31-122-77-62(110)53(101)47(95)35(25-86)125-77)23-9-17-84-45(93)14-6-20-120-75-69(117)60(108)72(39(29-90)129-75)135-81-66(114)57(105)51(99)42(132-81)32-123-78-63(111)54(102)48(96)36(26-87)126-78/h1-3,10-11,34-42,46-81,85-90,94-117H,4-9,12-32H2,(H,82,91)(H,83,92)(H,84,93)/t34-,35-,36-,37-,38-,39-,40-,41-,42-,46+,47+,48+,49+,50+,51+,52+,53+,54+,55+,56+,57+,58-,59-,60-,61-,62-,63-,64-,65-,66-,67-,68-,69-,70-,71-,72-,73-,74-,75-,76+,77+,78+,79+,80+,81+/m1/s1. The van der Waals surface area contributed by atoms with Crippen LogP contribution in [0.5, 0.6) is 0 Å². The molecular weight excluding hydrogens is 1860 g/mol. The Morgan fingerprint density at radius 3 is 0.713 bits per heavy atom. The van der Waals surface area contributed by atoms with E-state index in [1.807, 2.05) is 30.3 Å². The first kappa shape index (κ1) is 114. The van der Waals surface area contributed by atoms with Crippen molar-refractivity contribution in [3.05, 3.63) is 30.3 Å². The molecule has 0 saturated carbocycles. The van der Waals surface area contributed by atoms with Crippen molar-refractivity contribution in [1.82, 2.24) is 16.0 Å². The number of nitrogens with one attached hydrogen (secondary N) is 3. The maximum Gasteiger partial charge on any atom is 0.220 e. The molecule has 786 valence electrons. The topological polar surface area (TPSA) is 860 Å². The van der Waals surface area contributed by atoms with Crippen LogP contribution in [0.2, 0.25) is 18.1 Å². The first-order valence-electron chi connectivity index (χ1n) is 45.3. The highest BCUT2D eigenvalue weighted by atomic mass is 28.3. The Labute approximate surface area is 778 Å². The van der Waals surface area contributed by atoms with E-state index in [9.17, 15) is 168 Å². The monoisotopic (exact) mass is 2000 g/mol. The van der Waals surface area contributed by atoms with E-state index in [4.69, 9.17) is 85.3 Å². The Morgan fingerprint density at radius 1 is 0.250 bits per heavy atom. The highest BCUT2D eigenvalue weighted by Crippen LogP contribution is 2.38. The summed E-state index contributed by atoms with van der Waals surface area (Å²) in [5.74, 6) is -1.23. The van der Waals surface area contributed by atoms with Crippen molar-refractivity contribution in [2.24, 2.45) is 0 Å². The summed E-state index contributed by atoms with van der Waals surface area (Å²) in [5.41, 5.74) is 0. The molecule has 1 aromatic rings. The molecule has 0 aromatic heterocycles. The van der Waals surface area contributed by atoms with Crippen LogP contribution in [-0.2, 0) is 99.6 Å². The summed E-state index contributed by atoms with van der Waals surface area (Å²) < 4.78 is 101. The summed E-state index contributed by atoms with van der Waals surface area (Å²) >= 11 is 0. The second-order valence-electron chi connectivity index (χ2n) is 35.0. The fourth-order valence-corrected chi connectivity index (χ4v) is 22.4. The van der Waals surface area contributed by atoms with Gasteiger partial charge in [-0.25, -0.2) is 0 Å². The summed E-state index contributed by atoms with van der Waals surface area (Å²) in [6.07, 6.45) is -78.5. The highest BCUT2D eigenvalue weighted by Gasteiger charge is 2.58. The van der Waals surface area contributed by atoms with Gasteiger partial charge in [0.2, 0.25) is 17.7 Å². The molecule has 9 heterocycles. The van der Waals surface area contributed by atoms with E-state index in [2.05, 4.69) is 16.0 Å². The fraction of sp³-hybridized carbons (Fsp3) is 0.889. The molecule has 0 unspecified atom stereocenters. The third-order valence-electron chi connectivity index (χ3n) is 25.5. The molecule has 54 nitrogen and oxygen atoms in total. The van der Waals surface area contributed by atoms with Gasteiger partial charge in [-0.2, -0.15) is 0 Å². The Morgan fingerprint density at radius 2 is 0.463 bits per heavy atom. The lowest BCUT2D eigenvalue weighted by atomic mass is 9.97. The van der Waals surface area contributed by atoms with Gasteiger partial charge in [0.1, 0.15) is 220 Å². The van der Waals surface area contributed by atoms with E-state index in [0.717, 1.165) is 5.19 Å². The first-order chi connectivity index (χ1) is 64.9. The Hall–Kier alpha value is -4.07. The van der Waals surface area contributed by atoms with Gasteiger partial charge in [-0.05, 0) is 38.5 Å². The van der Waals surface area contributed by atoms with E-state index >= 15 is 0 Å². The number of hydrogen-bond donors (Lipinski definition) is 33. The van der Waals surface area contributed by atoms with Crippen LogP contribution in [-0.4, -0.2) is 554 Å². The minimum atomic E-state index is -2.75. The second kappa shape index (κ2) is 54.2. The van der Waals surface area contributed by atoms with Crippen LogP contribution >= 0.6 is 0 Å². The number of benzene rings is 1. The van der Waals surface area contributed by atoms with Gasteiger partial charge >= 0.3 is 0 Å². The molecule has 55 heteroatoms. The van der Waals surface area contributed by atoms with Gasteiger partial charge in [-0.15, -0.1) is 0 Å². The summed E-state index contributed by atoms with van der Waals surface area (Å²) in [6, 6.07) is 11.2. The van der Waals surface area contributed by atoms with Crippen molar-refractivity contribution in [3.8, 4) is 0 Å². The van der Waals surface area contributed by atoms with Crippen LogP contribution < -0.4 is 21.1 Å². The molecule has 136 heavy (non-hydrogen) atoms. The number of carbonyl (C=O) groups is 3. The average molecular weight is 2000 g/mol. The number of amides is 3. The molecule has 9 aliphatic rings. The van der Waals surface area contributed by atoms with Crippen molar-refractivity contribution >= 4 is 31.0 Å². The minimum absolute atomic E-state index is 0.0357. The van der Waals surface area contributed by atoms with Crippen molar-refractivity contribution < 1.29 is 253 Å². The molecule has 10 rings (SSSR count). The lowest BCUT2D eigenvalue weighted by Gasteiger charge is -2.46. The first-order valence-corrected chi connectivity index (χ1v) is 47.9. The Balaban J connectivity index is 0.695. The molecule has 1 aromatic carbocycles. The van der Waals surface area contributed by atoms with Crippen LogP contribution in [0.25, 0.3) is 0 Å². The smallest absolute Gasteiger partial charge is 0.220 e. The Bertz CT molecular complexity index is 3310. The van der Waals surface area contributed by atoms with E-state index in [1.165, 1.54) is 0 Å². The van der Waals surface area contributed by atoms with E-state index in [1.54, 1.807) is 0 Å². The third-order valence-corrected chi connectivity index (χ3v) is 31.0. The molecule has 0 spiro atoms. The largest absolute Gasteiger partial charge is 0.394 e. The molecule has 9 fully saturated rings. The van der Waals surface area contributed by atoms with E-state index in [-0.39, 0.29) is 78.0 Å². The molecule has 9 aliphatic heterocycles. The lowest BCUT2D eigenvalue weighted by Crippen LogP contribution is -2.65. The van der Waals surface area contributed by atoms with Gasteiger partial charge in [-0.1, -0.05) is 53.7 Å². The van der Waals surface area contributed by atoms with Crippen LogP contribution in [0, 0.1) is 0 Å². The number of aliphatic hydroxyl groups excluding tert-OH is 30. The summed E-state index contributed by atoms with van der Waals surface area (Å²) in [5, 5.41) is 327. The summed E-state index contributed by atoms with van der Waals surface area (Å²) in [6.45, 7) is -7.39. The third kappa shape index (κ3) is 28.8. The molecule has 45 atom stereocenters. The predicted octanol–water partition coefficient (Wildman–Crippen LogP) is -18.4. The van der Waals surface area contributed by atoms with Crippen LogP contribution in [0.4, 0.5) is 0 Å². The predicted molar refractivity (Wildman–Crippen MR) is 442 cm³/mol. The number of hydrogen-bond acceptors (Lipinski definition) is 51. The van der Waals surface area contributed by atoms with E-state index in [0.29, 0.717) is 37.4 Å². The zero-order valence-electron chi connectivity index (χ0n) is 73.9. The molecule has 33 N–H and O–H groups in total. The summed E-state index contributed by atoms with van der Waals surface area (Å²) in [4.78, 5) is 40.4. The summed E-state index contributed by atoms with van der Waals surface area (Å²) in [7, 11) is -2.75. The average Bonchev–Trinajstić information content (AvgIpc) is 0.787. The van der Waals surface area contributed by atoms with Crippen molar-refractivity contribution in [1.29, 1.82) is 0 Å². The van der Waals surface area contributed by atoms with Gasteiger partial charge in [0.15, 0.2) is 56.6 Å². The van der Waals surface area contributed by atoms with Gasteiger partial charge in [0, 0.05) is 38.9 Å². The van der Waals surface area contributed by atoms with Gasteiger partial charge < -0.3 is 254 Å². The number of ether oxygens (including phenoxy) is 18. The Kier molecular flexibility index (Phi) is 45.4. The minimum Gasteiger partial charge on any atom is -0.394 e. The van der Waals surface area contributed by atoms with Gasteiger partial charge in [0.25, 0.3) is 0 Å². The van der Waals surface area contributed by atoms with Gasteiger partial charge in [-0.3, -0.25) is 14.4 Å². The second-order valence-corrected chi connectivity index (χ2v) is 39.6. The molecular formula is C81H137N3O51Si. The molecule has 0 radical (unpaired) electrons. The van der Waals surface area contributed by atoms with E-state index < -0.39 is 362 Å². The number of carbonyl (C=O) groups excluding carboxylic acids is 3. The lowest BCUT2D eigenvalue weighted by molar-refractivity contribution is -0.365. The zero-order valence-corrected chi connectivity index (χ0v) is 74.9. The molecule has 0 bridgehead atoms. The van der Waals surface area contributed by atoms with Crippen LogP contribution in [0.1, 0.15) is 57.8 Å². The number of rotatable bonds is 49. The number of aliphatic hydroxyl groups is 30. The molecule has 9 saturated heterocycles. The van der Waals surface area contributed by atoms with Crippen molar-refractivity contribution in [3.63, 3.8) is 0 Å². The van der Waals surface area contributed by atoms with Crippen LogP contribution in [0.3, 0.4) is 0 Å². The normalized spacial score (nSPS) is 42.6. The fourth-order valence-electron chi connectivity index (χ4n) is 17.3. The SMILES string of the molecule is O=C(CCCO[C@@H]1O[C@H](CO)[C@@H](O[C@@H]2O[C@H](CO[C@H]3O[C@H](CO)[C@H](O)[C@H](O)[C@H]3O)[C@H](O)[C@H](O)[C@H]2O)[C@H](O)[C@H]1O)NCCC[Si](CCCNC(=O)CCCO[C@@H]1O[C@H](CO)[C@@H](O[C@@H]2O[C@H](CO[C@H]3O[C@H](CO)[C@H](O)[C@H](O)[C@H]3O)[C@H](O)[C@H](O)[C@H]2O)[C@H](O)[C@H]1O)(CCCNC(=O)CCCO[C@@H]1O[C@H](CO)[C@@H](O[C@@H]2O[C@H](CO[C@H]3O[C@H](CO)[C@H](O)[C@H](O)[C@H]3O)[C@H](O)[C@H](O)[C@H]2O)[C@H](O)[C@H]1O)c1ccccc1. The van der Waals surface area contributed by atoms with Gasteiger partial charge in [0.05, 0.1) is 87.4 Å². The maximum absolute atomic E-state index is 13.5. The van der Waals surface area contributed by atoms with Crippen LogP contribution in [0.15, 0.2) is 30.3 Å². The van der Waals surface area contributed by atoms with Crippen molar-refractivity contribution in [2.45, 2.75) is 352 Å². The van der Waals surface area contributed by atoms with Crippen molar-refractivity contribution in [2.75, 3.05) is 98.9 Å². The zero-order chi connectivity index (χ0) is 99.3. The molecule has 0 aliphatic carbocycles.